The van der Waals surface area contributed by atoms with Crippen molar-refractivity contribution >= 4 is 0 Å². The summed E-state index contributed by atoms with van der Waals surface area (Å²) in [5.74, 6) is 10.9. The molecule has 2 fully saturated rings. The average molecular weight is 393 g/mol. The first-order chi connectivity index (χ1) is 14.3. The molecule has 0 aliphatic heterocycles. The summed E-state index contributed by atoms with van der Waals surface area (Å²) < 4.78 is 5.27. The predicted octanol–water partition coefficient (Wildman–Crippen LogP) is 7.92. The van der Waals surface area contributed by atoms with Crippen molar-refractivity contribution in [1.29, 1.82) is 0 Å². The second-order valence-electron chi connectivity index (χ2n) is 9.25. The first-order valence-electron chi connectivity index (χ1n) is 12.1. The number of benzene rings is 1. The molecule has 0 heterocycles. The van der Waals surface area contributed by atoms with Crippen molar-refractivity contribution in [1.82, 2.24) is 0 Å². The lowest BCUT2D eigenvalue weighted by atomic mass is 9.79. The summed E-state index contributed by atoms with van der Waals surface area (Å²) >= 11 is 0. The van der Waals surface area contributed by atoms with Crippen molar-refractivity contribution in [2.45, 2.75) is 89.9 Å². The third kappa shape index (κ3) is 7.26. The fourth-order valence-corrected chi connectivity index (χ4v) is 5.15. The van der Waals surface area contributed by atoms with E-state index >= 15 is 0 Å². The molecule has 1 nitrogen and oxygen atoms in total. The van der Waals surface area contributed by atoms with Crippen molar-refractivity contribution in [3.05, 3.63) is 42.0 Å². The van der Waals surface area contributed by atoms with Crippen LogP contribution in [0.15, 0.2) is 36.4 Å². The van der Waals surface area contributed by atoms with Crippen LogP contribution in [0.25, 0.3) is 0 Å². The Morgan fingerprint density at radius 3 is 2.31 bits per heavy atom. The van der Waals surface area contributed by atoms with E-state index < -0.39 is 0 Å². The summed E-state index contributed by atoms with van der Waals surface area (Å²) in [7, 11) is 1.73. The molecule has 2 aliphatic rings. The molecule has 0 N–H and O–H groups in total. The summed E-state index contributed by atoms with van der Waals surface area (Å²) in [6.45, 7) is 2.30. The van der Waals surface area contributed by atoms with Gasteiger partial charge in [-0.15, -0.1) is 0 Å². The molecule has 1 aromatic rings. The number of unbranched alkanes of at least 4 members (excludes halogenated alkanes) is 2. The van der Waals surface area contributed by atoms with Gasteiger partial charge in [-0.25, -0.2) is 0 Å². The second-order valence-corrected chi connectivity index (χ2v) is 9.25. The molecule has 158 valence electrons. The minimum Gasteiger partial charge on any atom is -0.497 e. The zero-order valence-corrected chi connectivity index (χ0v) is 18.7. The molecule has 1 heteroatoms. The first kappa shape index (κ1) is 22.0. The predicted molar refractivity (Wildman–Crippen MR) is 124 cm³/mol. The van der Waals surface area contributed by atoms with Gasteiger partial charge in [0.2, 0.25) is 0 Å². The molecule has 0 amide bonds. The smallest absolute Gasteiger partial charge is 0.118 e. The van der Waals surface area contributed by atoms with Gasteiger partial charge in [-0.05, 0) is 92.9 Å². The van der Waals surface area contributed by atoms with Gasteiger partial charge >= 0.3 is 0 Å². The van der Waals surface area contributed by atoms with Gasteiger partial charge in [-0.2, -0.15) is 0 Å². The Morgan fingerprint density at radius 1 is 0.931 bits per heavy atom. The Morgan fingerprint density at radius 2 is 1.66 bits per heavy atom. The van der Waals surface area contributed by atoms with E-state index in [1.54, 1.807) is 7.11 Å². The van der Waals surface area contributed by atoms with E-state index in [1.165, 1.54) is 82.6 Å². The molecule has 0 bridgehead atoms. The SMILES string of the molecule is CCCCC[C@H]1CC[C@H](/C=C/C#C[C@H]2CC[C@H](c3ccc(OC)cc3)CC2)CC1. The number of hydrogen-bond donors (Lipinski definition) is 0. The molecular weight excluding hydrogens is 352 g/mol. The van der Waals surface area contributed by atoms with Gasteiger partial charge < -0.3 is 4.74 Å². The van der Waals surface area contributed by atoms with Crippen LogP contribution in [-0.4, -0.2) is 7.11 Å². The third-order valence-electron chi connectivity index (χ3n) is 7.16. The van der Waals surface area contributed by atoms with Crippen LogP contribution in [0.4, 0.5) is 0 Å². The second kappa shape index (κ2) is 12.1. The molecule has 1 aromatic carbocycles. The number of methoxy groups -OCH3 is 1. The number of ether oxygens (including phenoxy) is 1. The van der Waals surface area contributed by atoms with Crippen LogP contribution < -0.4 is 4.74 Å². The van der Waals surface area contributed by atoms with Crippen LogP contribution in [-0.2, 0) is 0 Å². The molecule has 2 saturated carbocycles. The van der Waals surface area contributed by atoms with E-state index in [9.17, 15) is 0 Å². The van der Waals surface area contributed by atoms with Crippen molar-refractivity contribution in [2.75, 3.05) is 7.11 Å². The zero-order chi connectivity index (χ0) is 20.3. The first-order valence-corrected chi connectivity index (χ1v) is 12.1. The molecule has 2 aliphatic carbocycles. The van der Waals surface area contributed by atoms with E-state index in [1.807, 2.05) is 0 Å². The lowest BCUT2D eigenvalue weighted by Gasteiger charge is -2.26. The van der Waals surface area contributed by atoms with Crippen LogP contribution in [0.3, 0.4) is 0 Å². The summed E-state index contributed by atoms with van der Waals surface area (Å²) in [5, 5.41) is 0. The summed E-state index contributed by atoms with van der Waals surface area (Å²) in [5.41, 5.74) is 1.46. The summed E-state index contributed by atoms with van der Waals surface area (Å²) in [6, 6.07) is 8.64. The van der Waals surface area contributed by atoms with Gasteiger partial charge in [-0.1, -0.05) is 62.7 Å². The summed E-state index contributed by atoms with van der Waals surface area (Å²) in [6.07, 6.45) is 20.8. The maximum atomic E-state index is 5.27. The minimum atomic E-state index is 0.587. The van der Waals surface area contributed by atoms with Crippen LogP contribution in [0.5, 0.6) is 5.75 Å². The average Bonchev–Trinajstić information content (AvgIpc) is 2.78. The van der Waals surface area contributed by atoms with E-state index in [2.05, 4.69) is 55.2 Å². The molecular formula is C28H40O. The number of rotatable bonds is 7. The van der Waals surface area contributed by atoms with Gasteiger partial charge in [0.25, 0.3) is 0 Å². The largest absolute Gasteiger partial charge is 0.497 e. The molecule has 0 spiro atoms. The maximum absolute atomic E-state index is 5.27. The van der Waals surface area contributed by atoms with Gasteiger partial charge in [0, 0.05) is 5.92 Å². The highest BCUT2D eigenvalue weighted by molar-refractivity contribution is 5.30. The normalized spacial score (nSPS) is 27.4. The van der Waals surface area contributed by atoms with E-state index in [4.69, 9.17) is 4.74 Å². The van der Waals surface area contributed by atoms with Crippen molar-refractivity contribution in [2.24, 2.45) is 17.8 Å². The van der Waals surface area contributed by atoms with Crippen LogP contribution in [0, 0.1) is 29.6 Å². The number of allylic oxidation sites excluding steroid dienone is 2. The Hall–Kier alpha value is -1.68. The van der Waals surface area contributed by atoms with Crippen LogP contribution in [0.2, 0.25) is 0 Å². The maximum Gasteiger partial charge on any atom is 0.118 e. The van der Waals surface area contributed by atoms with Gasteiger partial charge in [0.1, 0.15) is 5.75 Å². The lowest BCUT2D eigenvalue weighted by molar-refractivity contribution is 0.289. The lowest BCUT2D eigenvalue weighted by Crippen LogP contribution is -2.13. The molecule has 0 radical (unpaired) electrons. The standard InChI is InChI=1S/C28H40O/c1-3-4-5-8-23-11-13-24(14-12-23)9-6-7-10-25-15-17-26(18-16-25)27-19-21-28(29-2)22-20-27/h6,9,19-26H,3-5,8,11-18H2,1-2H3/b9-6+/t23-,24-,25-,26-. The molecule has 0 saturated heterocycles. The molecule has 29 heavy (non-hydrogen) atoms. The molecule has 0 aromatic heterocycles. The fourth-order valence-electron chi connectivity index (χ4n) is 5.15. The third-order valence-corrected chi connectivity index (χ3v) is 7.16. The van der Waals surface area contributed by atoms with Gasteiger partial charge in [0.15, 0.2) is 0 Å². The highest BCUT2D eigenvalue weighted by Crippen LogP contribution is 2.36. The van der Waals surface area contributed by atoms with Crippen molar-refractivity contribution < 1.29 is 4.74 Å². The van der Waals surface area contributed by atoms with Crippen LogP contribution in [0.1, 0.15) is 95.5 Å². The number of hydrogen-bond acceptors (Lipinski definition) is 1. The Kier molecular flexibility index (Phi) is 9.20. The van der Waals surface area contributed by atoms with Crippen molar-refractivity contribution in [3.63, 3.8) is 0 Å². The molecule has 0 atom stereocenters. The molecule has 3 rings (SSSR count). The minimum absolute atomic E-state index is 0.587. The van der Waals surface area contributed by atoms with Crippen molar-refractivity contribution in [3.8, 4) is 17.6 Å². The van der Waals surface area contributed by atoms with E-state index in [0.717, 1.165) is 17.6 Å². The highest BCUT2D eigenvalue weighted by Gasteiger charge is 2.21. The van der Waals surface area contributed by atoms with E-state index in [-0.39, 0.29) is 0 Å². The Bertz CT molecular complexity index is 659. The van der Waals surface area contributed by atoms with E-state index in [0.29, 0.717) is 11.8 Å². The quantitative estimate of drug-likeness (QED) is 0.338. The topological polar surface area (TPSA) is 9.23 Å². The van der Waals surface area contributed by atoms with Gasteiger partial charge in [-0.3, -0.25) is 0 Å². The Labute approximate surface area is 179 Å². The highest BCUT2D eigenvalue weighted by atomic mass is 16.5. The molecule has 0 unspecified atom stereocenters. The zero-order valence-electron chi connectivity index (χ0n) is 18.7. The fraction of sp³-hybridized carbons (Fsp3) is 0.643. The summed E-state index contributed by atoms with van der Waals surface area (Å²) in [4.78, 5) is 0. The van der Waals surface area contributed by atoms with Crippen LogP contribution >= 0.6 is 0 Å². The van der Waals surface area contributed by atoms with Gasteiger partial charge in [0.05, 0.1) is 7.11 Å². The Balaban J connectivity index is 1.35. The monoisotopic (exact) mass is 392 g/mol.